The average Bonchev–Trinajstić information content (AvgIpc) is 2.98. The van der Waals surface area contributed by atoms with E-state index in [0.29, 0.717) is 6.42 Å². The molecule has 1 aromatic carbocycles. The molecule has 2 bridgehead atoms. The number of ketones is 1. The average molecular weight is 308 g/mol. The molecule has 1 aromatic rings. The maximum absolute atomic E-state index is 12.1. The fourth-order valence-corrected chi connectivity index (χ4v) is 3.75. The minimum absolute atomic E-state index is 0.263. The first-order valence-corrected chi connectivity index (χ1v) is 7.54. The highest BCUT2D eigenvalue weighted by Gasteiger charge is 2.37. The van der Waals surface area contributed by atoms with E-state index in [1.165, 1.54) is 25.8 Å². The predicted octanol–water partition coefficient (Wildman–Crippen LogP) is 3.51. The highest BCUT2D eigenvalue weighted by atomic mass is 79.9. The highest BCUT2D eigenvalue weighted by molar-refractivity contribution is 9.10. The van der Waals surface area contributed by atoms with E-state index in [9.17, 15) is 4.79 Å². The van der Waals surface area contributed by atoms with Gasteiger partial charge in [0.15, 0.2) is 5.78 Å². The normalized spacial score (nSPS) is 26.7. The summed E-state index contributed by atoms with van der Waals surface area (Å²) in [6.07, 6.45) is 4.77. The summed E-state index contributed by atoms with van der Waals surface area (Å²) in [5.74, 6) is 1.18. The predicted molar refractivity (Wildman–Crippen MR) is 75.8 cm³/mol. The third-order valence-electron chi connectivity index (χ3n) is 4.30. The molecule has 1 saturated heterocycles. The van der Waals surface area contributed by atoms with Crippen LogP contribution in [0.2, 0.25) is 0 Å². The molecule has 2 atom stereocenters. The van der Waals surface area contributed by atoms with Gasteiger partial charge in [-0.05, 0) is 37.3 Å². The Morgan fingerprint density at radius 1 is 1.39 bits per heavy atom. The van der Waals surface area contributed by atoms with Crippen molar-refractivity contribution in [1.82, 2.24) is 4.90 Å². The number of carbonyl (C=O) groups is 1. The third kappa shape index (κ3) is 2.52. The molecule has 0 amide bonds. The van der Waals surface area contributed by atoms with Crippen molar-refractivity contribution in [1.29, 1.82) is 0 Å². The Kier molecular flexibility index (Phi) is 3.53. The first kappa shape index (κ1) is 12.4. The standard InChI is InChI=1S/C15H18BrNO/c16-13-3-1-2-12(9-13)15(18)6-7-17-10-11-4-5-14(17)8-11/h1-3,9,11,14H,4-8,10H2. The van der Waals surface area contributed by atoms with E-state index in [1.54, 1.807) is 0 Å². The third-order valence-corrected chi connectivity index (χ3v) is 4.79. The molecule has 2 unspecified atom stereocenters. The molecule has 0 spiro atoms. The van der Waals surface area contributed by atoms with Crippen molar-refractivity contribution >= 4 is 21.7 Å². The lowest BCUT2D eigenvalue weighted by Crippen LogP contribution is -2.33. The first-order chi connectivity index (χ1) is 8.72. The van der Waals surface area contributed by atoms with Crippen molar-refractivity contribution in [3.63, 3.8) is 0 Å². The summed E-state index contributed by atoms with van der Waals surface area (Å²) in [5.41, 5.74) is 0.828. The molecule has 3 rings (SSSR count). The lowest BCUT2D eigenvalue weighted by molar-refractivity contribution is 0.0955. The molecular formula is C15H18BrNO. The zero-order valence-electron chi connectivity index (χ0n) is 10.4. The number of piperidine rings is 1. The lowest BCUT2D eigenvalue weighted by atomic mass is 10.1. The molecule has 1 aliphatic heterocycles. The molecule has 1 heterocycles. The number of Topliss-reactive ketones (excluding diaryl/α,β-unsaturated/α-hetero) is 1. The Labute approximate surface area is 116 Å². The van der Waals surface area contributed by atoms with Gasteiger partial charge in [0, 0.05) is 35.6 Å². The van der Waals surface area contributed by atoms with Gasteiger partial charge in [-0.25, -0.2) is 0 Å². The summed E-state index contributed by atoms with van der Waals surface area (Å²) < 4.78 is 0.980. The van der Waals surface area contributed by atoms with E-state index in [-0.39, 0.29) is 5.78 Å². The summed E-state index contributed by atoms with van der Waals surface area (Å²) in [4.78, 5) is 14.6. The van der Waals surface area contributed by atoms with Crippen LogP contribution in [0, 0.1) is 5.92 Å². The largest absolute Gasteiger partial charge is 0.300 e. The van der Waals surface area contributed by atoms with Gasteiger partial charge in [0.2, 0.25) is 0 Å². The highest BCUT2D eigenvalue weighted by Crippen LogP contribution is 2.37. The number of nitrogens with zero attached hydrogens (tertiary/aromatic N) is 1. The number of halogens is 1. The monoisotopic (exact) mass is 307 g/mol. The first-order valence-electron chi connectivity index (χ1n) is 6.75. The molecule has 1 aliphatic carbocycles. The van der Waals surface area contributed by atoms with Gasteiger partial charge in [0.1, 0.15) is 0 Å². The Hall–Kier alpha value is -0.670. The number of benzene rings is 1. The topological polar surface area (TPSA) is 20.3 Å². The maximum Gasteiger partial charge on any atom is 0.164 e. The second-order valence-electron chi connectivity index (χ2n) is 5.51. The van der Waals surface area contributed by atoms with Gasteiger partial charge < -0.3 is 0 Å². The van der Waals surface area contributed by atoms with Crippen molar-refractivity contribution in [2.75, 3.05) is 13.1 Å². The van der Waals surface area contributed by atoms with Gasteiger partial charge in [-0.1, -0.05) is 28.1 Å². The minimum atomic E-state index is 0.263. The Bertz CT molecular complexity index is 460. The molecule has 18 heavy (non-hydrogen) atoms. The van der Waals surface area contributed by atoms with Crippen molar-refractivity contribution in [2.45, 2.75) is 31.7 Å². The van der Waals surface area contributed by atoms with Gasteiger partial charge in [-0.15, -0.1) is 0 Å². The molecule has 3 heteroatoms. The molecule has 2 fully saturated rings. The maximum atomic E-state index is 12.1. The van der Waals surface area contributed by atoms with Crippen LogP contribution >= 0.6 is 15.9 Å². The van der Waals surface area contributed by atoms with E-state index in [4.69, 9.17) is 0 Å². The molecule has 2 aliphatic rings. The summed E-state index contributed by atoms with van der Waals surface area (Å²) >= 11 is 3.41. The summed E-state index contributed by atoms with van der Waals surface area (Å²) in [6.45, 7) is 2.16. The Balaban J connectivity index is 1.56. The number of likely N-dealkylation sites (tertiary alicyclic amines) is 1. The molecule has 0 N–H and O–H groups in total. The lowest BCUT2D eigenvalue weighted by Gasteiger charge is -2.26. The second kappa shape index (κ2) is 5.14. The van der Waals surface area contributed by atoms with Crippen LogP contribution in [0.3, 0.4) is 0 Å². The van der Waals surface area contributed by atoms with Crippen LogP contribution in [-0.4, -0.2) is 29.8 Å². The molecule has 1 saturated carbocycles. The van der Waals surface area contributed by atoms with Crippen LogP contribution in [0.1, 0.15) is 36.0 Å². The Morgan fingerprint density at radius 2 is 2.28 bits per heavy atom. The van der Waals surface area contributed by atoms with Crippen LogP contribution in [0.25, 0.3) is 0 Å². The van der Waals surface area contributed by atoms with Crippen LogP contribution in [0.5, 0.6) is 0 Å². The van der Waals surface area contributed by atoms with Gasteiger partial charge in [-0.2, -0.15) is 0 Å². The van der Waals surface area contributed by atoms with Crippen LogP contribution < -0.4 is 0 Å². The van der Waals surface area contributed by atoms with E-state index in [1.807, 2.05) is 24.3 Å². The van der Waals surface area contributed by atoms with Gasteiger partial charge in [-0.3, -0.25) is 9.69 Å². The van der Waals surface area contributed by atoms with Gasteiger partial charge in [0.25, 0.3) is 0 Å². The number of hydrogen-bond donors (Lipinski definition) is 0. The summed E-state index contributed by atoms with van der Waals surface area (Å²) in [6, 6.07) is 8.47. The smallest absolute Gasteiger partial charge is 0.164 e. The number of rotatable bonds is 4. The van der Waals surface area contributed by atoms with Crippen molar-refractivity contribution in [3.8, 4) is 0 Å². The SMILES string of the molecule is O=C(CCN1CC2CCC1C2)c1cccc(Br)c1. The zero-order chi connectivity index (χ0) is 12.5. The molecule has 2 nitrogen and oxygen atoms in total. The van der Waals surface area contributed by atoms with E-state index < -0.39 is 0 Å². The van der Waals surface area contributed by atoms with E-state index in [2.05, 4.69) is 20.8 Å². The van der Waals surface area contributed by atoms with Crippen molar-refractivity contribution in [3.05, 3.63) is 34.3 Å². The van der Waals surface area contributed by atoms with E-state index in [0.717, 1.165) is 28.5 Å². The fraction of sp³-hybridized carbons (Fsp3) is 0.533. The molecule has 0 aromatic heterocycles. The number of carbonyl (C=O) groups excluding carboxylic acids is 1. The zero-order valence-corrected chi connectivity index (χ0v) is 12.0. The van der Waals surface area contributed by atoms with Gasteiger partial charge in [0.05, 0.1) is 0 Å². The van der Waals surface area contributed by atoms with E-state index >= 15 is 0 Å². The fourth-order valence-electron chi connectivity index (χ4n) is 3.35. The molecule has 96 valence electrons. The number of fused-ring (bicyclic) bond motifs is 2. The minimum Gasteiger partial charge on any atom is -0.300 e. The van der Waals surface area contributed by atoms with Crippen molar-refractivity contribution < 1.29 is 4.79 Å². The quantitative estimate of drug-likeness (QED) is 0.793. The number of hydrogen-bond acceptors (Lipinski definition) is 2. The summed E-state index contributed by atoms with van der Waals surface area (Å²) in [5, 5.41) is 0. The van der Waals surface area contributed by atoms with Crippen LogP contribution in [0.15, 0.2) is 28.7 Å². The van der Waals surface area contributed by atoms with Gasteiger partial charge >= 0.3 is 0 Å². The van der Waals surface area contributed by atoms with Crippen LogP contribution in [-0.2, 0) is 0 Å². The summed E-state index contributed by atoms with van der Waals surface area (Å²) in [7, 11) is 0. The van der Waals surface area contributed by atoms with Crippen LogP contribution in [0.4, 0.5) is 0 Å². The second-order valence-corrected chi connectivity index (χ2v) is 6.43. The Morgan fingerprint density at radius 3 is 2.94 bits per heavy atom. The molecular weight excluding hydrogens is 290 g/mol. The molecule has 0 radical (unpaired) electrons. The van der Waals surface area contributed by atoms with Crippen molar-refractivity contribution in [2.24, 2.45) is 5.92 Å².